The van der Waals surface area contributed by atoms with Crippen molar-refractivity contribution in [2.24, 2.45) is 0 Å². The largest absolute Gasteiger partial charge is 0.482 e. The minimum atomic E-state index is 0.752. The van der Waals surface area contributed by atoms with Crippen molar-refractivity contribution in [2.45, 2.75) is 13.3 Å². The van der Waals surface area contributed by atoms with Crippen molar-refractivity contribution in [1.29, 1.82) is 0 Å². The third-order valence-corrected chi connectivity index (χ3v) is 2.76. The molecular weight excluding hydrogens is 206 g/mol. The highest BCUT2D eigenvalue weighted by Crippen LogP contribution is 2.32. The van der Waals surface area contributed by atoms with Gasteiger partial charge in [0.1, 0.15) is 5.69 Å². The van der Waals surface area contributed by atoms with E-state index in [-0.39, 0.29) is 0 Å². The molecule has 0 aliphatic carbocycles. The first-order valence-corrected chi connectivity index (χ1v) is 5.91. The predicted molar refractivity (Wildman–Crippen MR) is 63.3 cm³/mol. The highest BCUT2D eigenvalue weighted by Gasteiger charge is 2.08. The number of rotatable bonds is 4. The minimum Gasteiger partial charge on any atom is -0.482 e. The van der Waals surface area contributed by atoms with Crippen LogP contribution in [0.5, 0.6) is 5.06 Å². The van der Waals surface area contributed by atoms with E-state index in [0.717, 1.165) is 29.3 Å². The fourth-order valence-electron chi connectivity index (χ4n) is 1.32. The second-order valence-corrected chi connectivity index (χ2v) is 4.02. The monoisotopic (exact) mass is 219 g/mol. The molecule has 1 aromatic heterocycles. The zero-order valence-corrected chi connectivity index (χ0v) is 9.46. The lowest BCUT2D eigenvalue weighted by molar-refractivity contribution is 0.327. The van der Waals surface area contributed by atoms with Gasteiger partial charge in [-0.2, -0.15) is 0 Å². The van der Waals surface area contributed by atoms with Crippen LogP contribution in [0, 0.1) is 0 Å². The predicted octanol–water partition coefficient (Wildman–Crippen LogP) is 3.60. The van der Waals surface area contributed by atoms with Crippen LogP contribution in [0.25, 0.3) is 11.3 Å². The average molecular weight is 219 g/mol. The maximum absolute atomic E-state index is 5.64. The topological polar surface area (TPSA) is 22.1 Å². The molecule has 2 aromatic rings. The van der Waals surface area contributed by atoms with E-state index in [2.05, 4.69) is 11.9 Å². The molecule has 15 heavy (non-hydrogen) atoms. The van der Waals surface area contributed by atoms with Gasteiger partial charge in [0, 0.05) is 5.56 Å². The molecular formula is C12H13NOS. The van der Waals surface area contributed by atoms with Gasteiger partial charge >= 0.3 is 0 Å². The second-order valence-electron chi connectivity index (χ2n) is 3.20. The third-order valence-electron chi connectivity index (χ3n) is 2.02. The first-order valence-electron chi connectivity index (χ1n) is 5.03. The molecule has 0 saturated carbocycles. The molecule has 1 heterocycles. The molecule has 1 aromatic carbocycles. The van der Waals surface area contributed by atoms with Gasteiger partial charge in [0.25, 0.3) is 0 Å². The summed E-state index contributed by atoms with van der Waals surface area (Å²) in [7, 11) is 0. The van der Waals surface area contributed by atoms with Gasteiger partial charge in [-0.1, -0.05) is 48.6 Å². The Balaban J connectivity index is 2.25. The van der Waals surface area contributed by atoms with Crippen molar-refractivity contribution in [1.82, 2.24) is 4.98 Å². The van der Waals surface area contributed by atoms with Gasteiger partial charge < -0.3 is 4.74 Å². The summed E-state index contributed by atoms with van der Waals surface area (Å²) in [5, 5.41) is 0.919. The molecule has 2 nitrogen and oxygen atoms in total. The summed E-state index contributed by atoms with van der Waals surface area (Å²) in [4.78, 5) is 4.33. The molecule has 78 valence electrons. The molecule has 0 unspecified atom stereocenters. The van der Waals surface area contributed by atoms with E-state index in [0.29, 0.717) is 0 Å². The standard InChI is InChI=1S/C12H13NOS/c1-2-8-14-12-11(13-9-15-12)10-6-4-3-5-7-10/h3-7,9H,2,8H2,1H3. The lowest BCUT2D eigenvalue weighted by Gasteiger charge is -2.03. The Hall–Kier alpha value is -1.35. The first-order chi connectivity index (χ1) is 7.42. The Morgan fingerprint density at radius 3 is 2.80 bits per heavy atom. The number of benzene rings is 1. The van der Waals surface area contributed by atoms with Crippen LogP contribution in [-0.4, -0.2) is 11.6 Å². The van der Waals surface area contributed by atoms with E-state index >= 15 is 0 Å². The van der Waals surface area contributed by atoms with Crippen LogP contribution in [0.4, 0.5) is 0 Å². The van der Waals surface area contributed by atoms with Gasteiger partial charge in [-0.05, 0) is 6.42 Å². The normalized spacial score (nSPS) is 10.2. The maximum Gasteiger partial charge on any atom is 0.202 e. The lowest BCUT2D eigenvalue weighted by atomic mass is 10.2. The van der Waals surface area contributed by atoms with Crippen LogP contribution < -0.4 is 4.74 Å². The lowest BCUT2D eigenvalue weighted by Crippen LogP contribution is -1.94. The summed E-state index contributed by atoms with van der Waals surface area (Å²) in [6.07, 6.45) is 1.02. The van der Waals surface area contributed by atoms with Gasteiger partial charge in [0.15, 0.2) is 0 Å². The molecule has 2 rings (SSSR count). The molecule has 3 heteroatoms. The third kappa shape index (κ3) is 2.36. The van der Waals surface area contributed by atoms with Crippen LogP contribution in [0.1, 0.15) is 13.3 Å². The Bertz CT molecular complexity index is 411. The molecule has 0 aliphatic rings. The van der Waals surface area contributed by atoms with Gasteiger partial charge in [-0.25, -0.2) is 4.98 Å². The number of hydrogen-bond donors (Lipinski definition) is 0. The van der Waals surface area contributed by atoms with E-state index in [1.54, 1.807) is 11.3 Å². The number of thiazole rings is 1. The highest BCUT2D eigenvalue weighted by molar-refractivity contribution is 7.12. The Morgan fingerprint density at radius 1 is 1.27 bits per heavy atom. The van der Waals surface area contributed by atoms with E-state index < -0.39 is 0 Å². The van der Waals surface area contributed by atoms with Crippen LogP contribution >= 0.6 is 11.3 Å². The molecule has 0 amide bonds. The minimum absolute atomic E-state index is 0.752. The molecule has 0 atom stereocenters. The van der Waals surface area contributed by atoms with Crippen LogP contribution in [0.2, 0.25) is 0 Å². The number of hydrogen-bond acceptors (Lipinski definition) is 3. The van der Waals surface area contributed by atoms with E-state index in [9.17, 15) is 0 Å². The quantitative estimate of drug-likeness (QED) is 0.783. The maximum atomic E-state index is 5.64. The van der Waals surface area contributed by atoms with Crippen molar-refractivity contribution in [3.8, 4) is 16.3 Å². The number of ether oxygens (including phenoxy) is 1. The highest BCUT2D eigenvalue weighted by atomic mass is 32.1. The van der Waals surface area contributed by atoms with Gasteiger partial charge in [-0.3, -0.25) is 0 Å². The molecule has 0 N–H and O–H groups in total. The zero-order valence-electron chi connectivity index (χ0n) is 8.64. The first kappa shape index (κ1) is 10.2. The van der Waals surface area contributed by atoms with Crippen molar-refractivity contribution in [3.63, 3.8) is 0 Å². The van der Waals surface area contributed by atoms with Gasteiger partial charge in [0.05, 0.1) is 12.1 Å². The molecule has 0 saturated heterocycles. The molecule has 0 spiro atoms. The summed E-state index contributed by atoms with van der Waals surface area (Å²) in [5.41, 5.74) is 3.90. The Morgan fingerprint density at radius 2 is 2.07 bits per heavy atom. The molecule has 0 radical (unpaired) electrons. The second kappa shape index (κ2) is 4.94. The van der Waals surface area contributed by atoms with Gasteiger partial charge in [0.2, 0.25) is 5.06 Å². The molecule has 0 bridgehead atoms. The van der Waals surface area contributed by atoms with Crippen molar-refractivity contribution in [2.75, 3.05) is 6.61 Å². The van der Waals surface area contributed by atoms with Crippen molar-refractivity contribution in [3.05, 3.63) is 35.8 Å². The Kier molecular flexibility index (Phi) is 3.35. The molecule has 0 fully saturated rings. The zero-order chi connectivity index (χ0) is 10.5. The van der Waals surface area contributed by atoms with E-state index in [1.165, 1.54) is 0 Å². The summed E-state index contributed by atoms with van der Waals surface area (Å²) in [5.74, 6) is 0. The fraction of sp³-hybridized carbons (Fsp3) is 0.250. The van der Waals surface area contributed by atoms with E-state index in [4.69, 9.17) is 4.74 Å². The van der Waals surface area contributed by atoms with Crippen LogP contribution in [0.15, 0.2) is 35.8 Å². The van der Waals surface area contributed by atoms with E-state index in [1.807, 2.05) is 35.8 Å². The average Bonchev–Trinajstić information content (AvgIpc) is 2.75. The fourth-order valence-corrected chi connectivity index (χ4v) is 2.01. The summed E-state index contributed by atoms with van der Waals surface area (Å²) in [6, 6.07) is 10.1. The smallest absolute Gasteiger partial charge is 0.202 e. The summed E-state index contributed by atoms with van der Waals surface area (Å²) in [6.45, 7) is 2.85. The van der Waals surface area contributed by atoms with Crippen LogP contribution in [0.3, 0.4) is 0 Å². The number of nitrogens with zero attached hydrogens (tertiary/aromatic N) is 1. The van der Waals surface area contributed by atoms with Crippen molar-refractivity contribution < 1.29 is 4.74 Å². The summed E-state index contributed by atoms with van der Waals surface area (Å²) < 4.78 is 5.64. The summed E-state index contributed by atoms with van der Waals surface area (Å²) >= 11 is 1.55. The Labute approximate surface area is 93.6 Å². The van der Waals surface area contributed by atoms with Gasteiger partial charge in [-0.15, -0.1) is 0 Å². The van der Waals surface area contributed by atoms with Crippen LogP contribution in [-0.2, 0) is 0 Å². The molecule has 0 aliphatic heterocycles. The van der Waals surface area contributed by atoms with Crippen molar-refractivity contribution >= 4 is 11.3 Å². The number of aromatic nitrogens is 1. The SMILES string of the molecule is CCCOc1scnc1-c1ccccc1.